The quantitative estimate of drug-likeness (QED) is 0.238. The Morgan fingerprint density at radius 1 is 0.600 bits per heavy atom. The summed E-state index contributed by atoms with van der Waals surface area (Å²) in [7, 11) is 0. The molecule has 1 aliphatic rings. The summed E-state index contributed by atoms with van der Waals surface area (Å²) < 4.78 is 0. The number of nitriles is 1. The van der Waals surface area contributed by atoms with Gasteiger partial charge in [0, 0.05) is 28.5 Å². The fourth-order valence-corrected chi connectivity index (χ4v) is 5.58. The van der Waals surface area contributed by atoms with Crippen LogP contribution in [-0.4, -0.2) is 19.9 Å². The van der Waals surface area contributed by atoms with Gasteiger partial charge in [0.1, 0.15) is 0 Å². The third-order valence-corrected chi connectivity index (χ3v) is 8.06. The van der Waals surface area contributed by atoms with Gasteiger partial charge < -0.3 is 0 Å². The topological polar surface area (TPSA) is 75.3 Å². The molecule has 6 rings (SSSR count). The minimum Gasteiger partial charge on any atom is -0.256 e. The Morgan fingerprint density at radius 3 is 1.90 bits per heavy atom. The van der Waals surface area contributed by atoms with E-state index in [2.05, 4.69) is 56.9 Å². The van der Waals surface area contributed by atoms with Crippen LogP contribution in [0, 0.1) is 11.3 Å². The molecule has 1 aliphatic carbocycles. The van der Waals surface area contributed by atoms with Crippen LogP contribution in [0.15, 0.2) is 91.1 Å². The van der Waals surface area contributed by atoms with Gasteiger partial charge in [-0.3, -0.25) is 4.98 Å². The van der Waals surface area contributed by atoms with Crippen molar-refractivity contribution in [2.45, 2.75) is 51.4 Å². The molecule has 0 N–H and O–H groups in total. The van der Waals surface area contributed by atoms with Crippen molar-refractivity contribution in [3.63, 3.8) is 0 Å². The molecule has 0 atom stereocenters. The highest BCUT2D eigenvalue weighted by atomic mass is 15.0. The summed E-state index contributed by atoms with van der Waals surface area (Å²) in [6.45, 7) is 9.31. The second-order valence-electron chi connectivity index (χ2n) is 11.8. The van der Waals surface area contributed by atoms with Crippen molar-refractivity contribution in [1.29, 1.82) is 5.26 Å². The molecule has 0 saturated heterocycles. The van der Waals surface area contributed by atoms with Gasteiger partial charge in [-0.2, -0.15) is 5.26 Å². The number of fused-ring (bicyclic) bond motifs is 1. The molecule has 0 radical (unpaired) electrons. The van der Waals surface area contributed by atoms with Crippen LogP contribution < -0.4 is 0 Å². The maximum Gasteiger partial charge on any atom is 0.164 e. The lowest BCUT2D eigenvalue weighted by molar-refractivity contribution is 0.332. The van der Waals surface area contributed by atoms with Crippen LogP contribution in [0.1, 0.15) is 57.2 Å². The molecule has 5 heteroatoms. The van der Waals surface area contributed by atoms with E-state index in [9.17, 15) is 5.26 Å². The molecule has 0 spiro atoms. The van der Waals surface area contributed by atoms with E-state index in [4.69, 9.17) is 15.0 Å². The first kappa shape index (κ1) is 25.6. The van der Waals surface area contributed by atoms with Crippen LogP contribution in [0.2, 0.25) is 0 Å². The van der Waals surface area contributed by atoms with E-state index in [1.807, 2.05) is 66.7 Å². The normalized spacial score (nSPS) is 15.2. The Balaban J connectivity index is 1.56. The third kappa shape index (κ3) is 4.78. The van der Waals surface area contributed by atoms with Gasteiger partial charge in [0.2, 0.25) is 0 Å². The number of nitrogens with zero attached hydrogens (tertiary/aromatic N) is 5. The SMILES string of the molecule is CC1(C)CCC(C)(C)c2cc(-c3nc(-c4ccccc4)nc(-c4cc(C#N)cc(-c5ccccn5)c4)n3)ccc21. The summed E-state index contributed by atoms with van der Waals surface area (Å²) in [5.41, 5.74) is 7.73. The molecule has 3 aromatic carbocycles. The fraction of sp³-hybridized carbons (Fsp3) is 0.229. The summed E-state index contributed by atoms with van der Waals surface area (Å²) in [6.07, 6.45) is 4.04. The molecule has 5 aromatic rings. The second-order valence-corrected chi connectivity index (χ2v) is 11.8. The van der Waals surface area contributed by atoms with E-state index < -0.39 is 0 Å². The molecule has 0 amide bonds. The minimum absolute atomic E-state index is 0.0672. The zero-order valence-corrected chi connectivity index (χ0v) is 23.3. The van der Waals surface area contributed by atoms with Crippen molar-refractivity contribution in [1.82, 2.24) is 19.9 Å². The van der Waals surface area contributed by atoms with Crippen molar-refractivity contribution in [2.75, 3.05) is 0 Å². The first-order valence-electron chi connectivity index (χ1n) is 13.7. The molecule has 0 unspecified atom stereocenters. The third-order valence-electron chi connectivity index (χ3n) is 8.06. The van der Waals surface area contributed by atoms with Gasteiger partial charge >= 0.3 is 0 Å². The lowest BCUT2D eigenvalue weighted by Crippen LogP contribution is -2.33. The van der Waals surface area contributed by atoms with Crippen LogP contribution in [-0.2, 0) is 10.8 Å². The van der Waals surface area contributed by atoms with Gasteiger partial charge in [0.05, 0.1) is 17.3 Å². The van der Waals surface area contributed by atoms with Crippen LogP contribution in [0.25, 0.3) is 45.4 Å². The van der Waals surface area contributed by atoms with Crippen molar-refractivity contribution in [3.8, 4) is 51.5 Å². The zero-order valence-electron chi connectivity index (χ0n) is 23.3. The number of hydrogen-bond acceptors (Lipinski definition) is 5. The lowest BCUT2D eigenvalue weighted by atomic mass is 9.63. The van der Waals surface area contributed by atoms with Crippen LogP contribution in [0.5, 0.6) is 0 Å². The predicted octanol–water partition coefficient (Wildman–Crippen LogP) is 8.16. The molecule has 2 aromatic heterocycles. The number of rotatable bonds is 4. The zero-order chi connectivity index (χ0) is 27.9. The van der Waals surface area contributed by atoms with Crippen molar-refractivity contribution in [2.24, 2.45) is 0 Å². The summed E-state index contributed by atoms with van der Waals surface area (Å²) in [6, 6.07) is 30.4. The lowest BCUT2D eigenvalue weighted by Gasteiger charge is -2.42. The number of hydrogen-bond donors (Lipinski definition) is 0. The average Bonchev–Trinajstić information content (AvgIpc) is 3.00. The highest BCUT2D eigenvalue weighted by Gasteiger charge is 2.37. The monoisotopic (exact) mass is 521 g/mol. The summed E-state index contributed by atoms with van der Waals surface area (Å²) in [5, 5.41) is 9.83. The van der Waals surface area contributed by atoms with Crippen molar-refractivity contribution < 1.29 is 0 Å². The summed E-state index contributed by atoms with van der Waals surface area (Å²) in [5.74, 6) is 1.74. The smallest absolute Gasteiger partial charge is 0.164 e. The molecule has 0 saturated carbocycles. The minimum atomic E-state index is 0.0672. The second kappa shape index (κ2) is 9.81. The maximum absolute atomic E-state index is 9.83. The Morgan fingerprint density at radius 2 is 1.23 bits per heavy atom. The first-order valence-corrected chi connectivity index (χ1v) is 13.7. The van der Waals surface area contributed by atoms with E-state index in [1.54, 1.807) is 6.20 Å². The Bertz CT molecular complexity index is 1750. The molecular formula is C35H31N5. The molecule has 0 aliphatic heterocycles. The summed E-state index contributed by atoms with van der Waals surface area (Å²) >= 11 is 0. The summed E-state index contributed by atoms with van der Waals surface area (Å²) in [4.78, 5) is 19.3. The fourth-order valence-electron chi connectivity index (χ4n) is 5.58. The maximum atomic E-state index is 9.83. The number of aromatic nitrogens is 4. The molecular weight excluding hydrogens is 490 g/mol. The van der Waals surface area contributed by atoms with Gasteiger partial charge in [-0.15, -0.1) is 0 Å². The van der Waals surface area contributed by atoms with Crippen molar-refractivity contribution in [3.05, 3.63) is 108 Å². The van der Waals surface area contributed by atoms with Gasteiger partial charge in [-0.1, -0.05) is 76.2 Å². The van der Waals surface area contributed by atoms with E-state index in [0.717, 1.165) is 40.8 Å². The van der Waals surface area contributed by atoms with Crippen LogP contribution in [0.4, 0.5) is 0 Å². The Hall–Kier alpha value is -4.69. The van der Waals surface area contributed by atoms with Crippen molar-refractivity contribution >= 4 is 0 Å². The van der Waals surface area contributed by atoms with E-state index in [0.29, 0.717) is 23.0 Å². The standard InChI is InChI=1S/C35H31N5/c1-34(2)15-16-35(3,4)29-21-25(13-14-28(29)34)32-38-31(24-10-6-5-7-11-24)39-33(40-32)27-19-23(22-36)18-26(20-27)30-12-8-9-17-37-30/h5-14,17-21H,15-16H2,1-4H3. The highest BCUT2D eigenvalue weighted by molar-refractivity contribution is 5.73. The molecule has 2 heterocycles. The van der Waals surface area contributed by atoms with Gasteiger partial charge in [0.15, 0.2) is 17.5 Å². The van der Waals surface area contributed by atoms with Crippen LogP contribution in [0.3, 0.4) is 0 Å². The van der Waals surface area contributed by atoms with Gasteiger partial charge in [-0.05, 0) is 71.2 Å². The highest BCUT2D eigenvalue weighted by Crippen LogP contribution is 2.46. The molecule has 196 valence electrons. The molecule has 0 fully saturated rings. The Labute approximate surface area is 235 Å². The molecule has 0 bridgehead atoms. The molecule has 40 heavy (non-hydrogen) atoms. The van der Waals surface area contributed by atoms with E-state index >= 15 is 0 Å². The predicted molar refractivity (Wildman–Crippen MR) is 159 cm³/mol. The number of pyridine rings is 1. The van der Waals surface area contributed by atoms with Gasteiger partial charge in [-0.25, -0.2) is 15.0 Å². The Kier molecular flexibility index (Phi) is 6.27. The van der Waals surface area contributed by atoms with Crippen LogP contribution >= 0.6 is 0 Å². The molecule has 5 nitrogen and oxygen atoms in total. The van der Waals surface area contributed by atoms with E-state index in [-0.39, 0.29) is 10.8 Å². The first-order chi connectivity index (χ1) is 19.2. The number of benzene rings is 3. The van der Waals surface area contributed by atoms with Gasteiger partial charge in [0.25, 0.3) is 0 Å². The average molecular weight is 522 g/mol. The largest absolute Gasteiger partial charge is 0.256 e. The van der Waals surface area contributed by atoms with E-state index in [1.165, 1.54) is 11.1 Å².